The van der Waals surface area contributed by atoms with Crippen molar-refractivity contribution in [2.45, 2.75) is 56.7 Å². The molecular formula is C12H24N2O2S. The van der Waals surface area contributed by atoms with Crippen molar-refractivity contribution in [2.75, 3.05) is 13.1 Å². The summed E-state index contributed by atoms with van der Waals surface area (Å²) in [5.41, 5.74) is 5.75. The van der Waals surface area contributed by atoms with E-state index in [0.29, 0.717) is 19.0 Å². The third kappa shape index (κ3) is 2.66. The highest BCUT2D eigenvalue weighted by atomic mass is 32.2. The van der Waals surface area contributed by atoms with Crippen LogP contribution in [0.3, 0.4) is 0 Å². The molecule has 0 amide bonds. The molecule has 4 nitrogen and oxygen atoms in total. The molecule has 2 atom stereocenters. The Balaban J connectivity index is 2.13. The maximum absolute atomic E-state index is 12.5. The van der Waals surface area contributed by atoms with Gasteiger partial charge in [-0.1, -0.05) is 19.8 Å². The molecule has 5 heteroatoms. The SMILES string of the molecule is CC1CCN(S(=O)(=O)C2CCCC2)C(CN)C1. The first-order valence-corrected chi connectivity index (χ1v) is 8.26. The van der Waals surface area contributed by atoms with Gasteiger partial charge in [-0.05, 0) is 31.6 Å². The number of rotatable bonds is 3. The molecule has 100 valence electrons. The molecule has 1 saturated heterocycles. The van der Waals surface area contributed by atoms with Crippen molar-refractivity contribution >= 4 is 10.0 Å². The van der Waals surface area contributed by atoms with Crippen LogP contribution in [0.4, 0.5) is 0 Å². The highest BCUT2D eigenvalue weighted by Crippen LogP contribution is 2.32. The quantitative estimate of drug-likeness (QED) is 0.832. The summed E-state index contributed by atoms with van der Waals surface area (Å²) >= 11 is 0. The monoisotopic (exact) mass is 260 g/mol. The smallest absolute Gasteiger partial charge is 0.217 e. The minimum Gasteiger partial charge on any atom is -0.329 e. The Labute approximate surface area is 105 Å². The molecule has 1 saturated carbocycles. The van der Waals surface area contributed by atoms with E-state index in [4.69, 9.17) is 5.73 Å². The molecule has 2 N–H and O–H groups in total. The van der Waals surface area contributed by atoms with E-state index in [1.807, 2.05) is 0 Å². The van der Waals surface area contributed by atoms with E-state index in [9.17, 15) is 8.42 Å². The predicted molar refractivity (Wildman–Crippen MR) is 69.1 cm³/mol. The summed E-state index contributed by atoms with van der Waals surface area (Å²) in [6.45, 7) is 3.31. The van der Waals surface area contributed by atoms with Crippen LogP contribution in [0, 0.1) is 5.92 Å². The molecule has 2 unspecified atom stereocenters. The Kier molecular flexibility index (Phi) is 4.10. The van der Waals surface area contributed by atoms with Gasteiger partial charge in [0.2, 0.25) is 10.0 Å². The Morgan fingerprint density at radius 2 is 1.88 bits per heavy atom. The zero-order chi connectivity index (χ0) is 12.5. The Hall–Kier alpha value is -0.130. The van der Waals surface area contributed by atoms with Crippen LogP contribution < -0.4 is 5.73 Å². The van der Waals surface area contributed by atoms with Gasteiger partial charge < -0.3 is 5.73 Å². The largest absolute Gasteiger partial charge is 0.329 e. The lowest BCUT2D eigenvalue weighted by atomic mass is 9.94. The van der Waals surface area contributed by atoms with E-state index in [-0.39, 0.29) is 11.3 Å². The molecule has 17 heavy (non-hydrogen) atoms. The summed E-state index contributed by atoms with van der Waals surface area (Å²) in [5, 5.41) is -0.134. The lowest BCUT2D eigenvalue weighted by Gasteiger charge is -2.38. The highest BCUT2D eigenvalue weighted by molar-refractivity contribution is 7.89. The molecule has 2 fully saturated rings. The van der Waals surface area contributed by atoms with Crippen molar-refractivity contribution in [1.82, 2.24) is 4.31 Å². The first-order valence-electron chi connectivity index (χ1n) is 6.76. The van der Waals surface area contributed by atoms with E-state index in [1.165, 1.54) is 0 Å². The van der Waals surface area contributed by atoms with Gasteiger partial charge in [0.05, 0.1) is 5.25 Å². The van der Waals surface area contributed by atoms with Gasteiger partial charge in [0.25, 0.3) is 0 Å². The van der Waals surface area contributed by atoms with Gasteiger partial charge in [0.1, 0.15) is 0 Å². The maximum Gasteiger partial charge on any atom is 0.217 e. The molecule has 0 bridgehead atoms. The molecule has 0 radical (unpaired) electrons. The minimum atomic E-state index is -3.09. The molecule has 2 aliphatic rings. The average Bonchev–Trinajstić information content (AvgIpc) is 2.82. The molecular weight excluding hydrogens is 236 g/mol. The van der Waals surface area contributed by atoms with Crippen molar-refractivity contribution in [3.05, 3.63) is 0 Å². The molecule has 0 aromatic rings. The number of hydrogen-bond donors (Lipinski definition) is 1. The molecule has 0 aromatic carbocycles. The van der Waals surface area contributed by atoms with Crippen molar-refractivity contribution in [2.24, 2.45) is 11.7 Å². The van der Waals surface area contributed by atoms with Crippen LogP contribution in [0.1, 0.15) is 45.4 Å². The predicted octanol–water partition coefficient (Wildman–Crippen LogP) is 1.32. The van der Waals surface area contributed by atoms with Gasteiger partial charge in [-0.25, -0.2) is 8.42 Å². The summed E-state index contributed by atoms with van der Waals surface area (Å²) in [6, 6.07) is 0.0318. The van der Waals surface area contributed by atoms with E-state index < -0.39 is 10.0 Å². The second-order valence-corrected chi connectivity index (χ2v) is 7.75. The van der Waals surface area contributed by atoms with Crippen LogP contribution in [0.15, 0.2) is 0 Å². The van der Waals surface area contributed by atoms with Crippen LogP contribution in [0.2, 0.25) is 0 Å². The third-order valence-corrected chi connectivity index (χ3v) is 6.69. The number of sulfonamides is 1. The second kappa shape index (κ2) is 5.24. The van der Waals surface area contributed by atoms with Gasteiger partial charge in [-0.2, -0.15) is 4.31 Å². The molecule has 0 spiro atoms. The molecule has 2 rings (SSSR count). The molecule has 1 aliphatic carbocycles. The topological polar surface area (TPSA) is 63.4 Å². The van der Waals surface area contributed by atoms with E-state index in [0.717, 1.165) is 38.5 Å². The normalized spacial score (nSPS) is 33.1. The first kappa shape index (κ1) is 13.3. The van der Waals surface area contributed by atoms with Crippen molar-refractivity contribution in [1.29, 1.82) is 0 Å². The lowest BCUT2D eigenvalue weighted by molar-refractivity contribution is 0.209. The van der Waals surface area contributed by atoms with Crippen LogP contribution in [-0.2, 0) is 10.0 Å². The molecule has 0 aromatic heterocycles. The number of nitrogens with two attached hydrogens (primary N) is 1. The third-order valence-electron chi connectivity index (χ3n) is 4.25. The number of nitrogens with zero attached hydrogens (tertiary/aromatic N) is 1. The van der Waals surface area contributed by atoms with Gasteiger partial charge in [0.15, 0.2) is 0 Å². The lowest BCUT2D eigenvalue weighted by Crippen LogP contribution is -2.51. The van der Waals surface area contributed by atoms with Crippen molar-refractivity contribution in [3.8, 4) is 0 Å². The summed E-state index contributed by atoms with van der Waals surface area (Å²) in [6.07, 6.45) is 5.69. The van der Waals surface area contributed by atoms with Gasteiger partial charge >= 0.3 is 0 Å². The highest BCUT2D eigenvalue weighted by Gasteiger charge is 2.39. The number of hydrogen-bond acceptors (Lipinski definition) is 3. The van der Waals surface area contributed by atoms with Gasteiger partial charge in [-0.3, -0.25) is 0 Å². The summed E-state index contributed by atoms with van der Waals surface area (Å²) in [4.78, 5) is 0. The van der Waals surface area contributed by atoms with Crippen LogP contribution in [-0.4, -0.2) is 37.1 Å². The van der Waals surface area contributed by atoms with Crippen molar-refractivity contribution in [3.63, 3.8) is 0 Å². The fourth-order valence-electron chi connectivity index (χ4n) is 3.16. The fraction of sp³-hybridized carbons (Fsp3) is 1.00. The van der Waals surface area contributed by atoms with Crippen LogP contribution in [0.25, 0.3) is 0 Å². The van der Waals surface area contributed by atoms with Crippen LogP contribution in [0.5, 0.6) is 0 Å². The Morgan fingerprint density at radius 1 is 1.24 bits per heavy atom. The Bertz CT molecular complexity index is 350. The minimum absolute atomic E-state index is 0.0318. The van der Waals surface area contributed by atoms with E-state index in [1.54, 1.807) is 4.31 Å². The Morgan fingerprint density at radius 3 is 2.47 bits per heavy atom. The second-order valence-electron chi connectivity index (χ2n) is 5.58. The summed E-state index contributed by atoms with van der Waals surface area (Å²) in [5.74, 6) is 0.596. The zero-order valence-corrected chi connectivity index (χ0v) is 11.5. The van der Waals surface area contributed by atoms with Crippen LogP contribution >= 0.6 is 0 Å². The maximum atomic E-state index is 12.5. The van der Waals surface area contributed by atoms with Gasteiger partial charge in [0, 0.05) is 19.1 Å². The number of piperidine rings is 1. The van der Waals surface area contributed by atoms with Crippen molar-refractivity contribution < 1.29 is 8.42 Å². The van der Waals surface area contributed by atoms with E-state index in [2.05, 4.69) is 6.92 Å². The van der Waals surface area contributed by atoms with Gasteiger partial charge in [-0.15, -0.1) is 0 Å². The molecule has 1 aliphatic heterocycles. The van der Waals surface area contributed by atoms with E-state index >= 15 is 0 Å². The first-order chi connectivity index (χ1) is 8.05. The average molecular weight is 260 g/mol. The standard InChI is InChI=1S/C12H24N2O2S/c1-10-6-7-14(11(8-10)9-13)17(15,16)12-4-2-3-5-12/h10-12H,2-9,13H2,1H3. The molecule has 1 heterocycles. The fourth-order valence-corrected chi connectivity index (χ4v) is 5.42. The summed E-state index contributed by atoms with van der Waals surface area (Å²) < 4.78 is 26.8. The summed E-state index contributed by atoms with van der Waals surface area (Å²) in [7, 11) is -3.09. The zero-order valence-electron chi connectivity index (χ0n) is 10.6.